The Morgan fingerprint density at radius 3 is 1.84 bits per heavy atom. The van der Waals surface area contributed by atoms with Crippen molar-refractivity contribution in [1.29, 1.82) is 0 Å². The van der Waals surface area contributed by atoms with E-state index in [0.717, 1.165) is 28.8 Å². The van der Waals surface area contributed by atoms with E-state index in [-0.39, 0.29) is 0 Å². The van der Waals surface area contributed by atoms with Crippen LogP contribution >= 0.6 is 0 Å². The van der Waals surface area contributed by atoms with E-state index in [9.17, 15) is 0 Å². The second-order valence-corrected chi connectivity index (χ2v) is 8.29. The molecule has 156 valence electrons. The fourth-order valence-corrected chi connectivity index (χ4v) is 4.56. The number of benzene rings is 4. The maximum atomic E-state index is 6.90. The maximum Gasteiger partial charge on any atom is 0.0640 e. The minimum Gasteiger partial charge on any atom is -0.399 e. The molecule has 0 spiro atoms. The van der Waals surface area contributed by atoms with Crippen molar-refractivity contribution >= 4 is 5.69 Å². The van der Waals surface area contributed by atoms with Crippen LogP contribution in [0.2, 0.25) is 0 Å². The van der Waals surface area contributed by atoms with Gasteiger partial charge in [0.1, 0.15) is 0 Å². The van der Waals surface area contributed by atoms with Crippen molar-refractivity contribution < 1.29 is 0 Å². The lowest BCUT2D eigenvalue weighted by molar-refractivity contribution is 0.567. The largest absolute Gasteiger partial charge is 0.399 e. The van der Waals surface area contributed by atoms with Crippen LogP contribution in [0.3, 0.4) is 0 Å². The first-order valence-corrected chi connectivity index (χ1v) is 10.9. The van der Waals surface area contributed by atoms with Crippen molar-refractivity contribution in [2.24, 2.45) is 5.73 Å². The Kier molecular flexibility index (Phi) is 5.22. The van der Waals surface area contributed by atoms with Crippen molar-refractivity contribution in [3.63, 3.8) is 0 Å². The second-order valence-electron chi connectivity index (χ2n) is 8.29. The number of allylic oxidation sites excluding steroid dienone is 2. The highest BCUT2D eigenvalue weighted by Gasteiger charge is 2.28. The van der Waals surface area contributed by atoms with Gasteiger partial charge < -0.3 is 11.5 Å². The molecule has 1 unspecified atom stereocenters. The molecule has 0 saturated heterocycles. The van der Waals surface area contributed by atoms with Crippen LogP contribution in [0.15, 0.2) is 121 Å². The van der Waals surface area contributed by atoms with E-state index < -0.39 is 5.54 Å². The summed E-state index contributed by atoms with van der Waals surface area (Å²) >= 11 is 0. The molecule has 32 heavy (non-hydrogen) atoms. The molecule has 0 aromatic heterocycles. The van der Waals surface area contributed by atoms with Crippen LogP contribution in [0.25, 0.3) is 33.4 Å². The van der Waals surface area contributed by atoms with Crippen LogP contribution in [0, 0.1) is 0 Å². The molecule has 1 atom stereocenters. The zero-order chi connectivity index (χ0) is 22.0. The average molecular weight is 415 g/mol. The third-order valence-corrected chi connectivity index (χ3v) is 6.16. The fourth-order valence-electron chi connectivity index (χ4n) is 4.56. The van der Waals surface area contributed by atoms with Gasteiger partial charge in [-0.3, -0.25) is 0 Å². The number of nitrogens with two attached hydrogens (primary N) is 2. The second kappa shape index (κ2) is 8.33. The van der Waals surface area contributed by atoms with Crippen molar-refractivity contribution in [3.8, 4) is 33.4 Å². The SMILES string of the molecule is Nc1ccc(-c2ccccc2-c2ccccc2-c2ccccc2)c(C2(N)C=CC=CC2)c1. The zero-order valence-corrected chi connectivity index (χ0v) is 17.9. The Hall–Kier alpha value is -3.88. The van der Waals surface area contributed by atoms with Crippen LogP contribution < -0.4 is 11.5 Å². The van der Waals surface area contributed by atoms with Crippen molar-refractivity contribution in [1.82, 2.24) is 0 Å². The number of hydrogen-bond acceptors (Lipinski definition) is 2. The van der Waals surface area contributed by atoms with Gasteiger partial charge >= 0.3 is 0 Å². The van der Waals surface area contributed by atoms with Gasteiger partial charge in [-0.05, 0) is 57.5 Å². The summed E-state index contributed by atoms with van der Waals surface area (Å²) in [4.78, 5) is 0. The minimum atomic E-state index is -0.592. The molecule has 4 aromatic rings. The lowest BCUT2D eigenvalue weighted by Crippen LogP contribution is -2.35. The first kappa shape index (κ1) is 20.0. The summed E-state index contributed by atoms with van der Waals surface area (Å²) in [5, 5.41) is 0. The molecular formula is C30H26N2. The highest BCUT2D eigenvalue weighted by Crippen LogP contribution is 2.42. The molecule has 0 aliphatic heterocycles. The van der Waals surface area contributed by atoms with Crippen molar-refractivity contribution in [2.45, 2.75) is 12.0 Å². The number of nitrogen functional groups attached to an aromatic ring is 1. The molecule has 4 aromatic carbocycles. The summed E-state index contributed by atoms with van der Waals surface area (Å²) < 4.78 is 0. The van der Waals surface area contributed by atoms with Gasteiger partial charge in [0.2, 0.25) is 0 Å². The first-order valence-electron chi connectivity index (χ1n) is 10.9. The van der Waals surface area contributed by atoms with Crippen LogP contribution in [-0.2, 0) is 5.54 Å². The Morgan fingerprint density at radius 1 is 0.594 bits per heavy atom. The molecule has 2 heteroatoms. The minimum absolute atomic E-state index is 0.592. The van der Waals surface area contributed by atoms with Crippen molar-refractivity contribution in [2.75, 3.05) is 5.73 Å². The summed E-state index contributed by atoms with van der Waals surface area (Å²) in [7, 11) is 0. The Balaban J connectivity index is 1.73. The highest BCUT2D eigenvalue weighted by atomic mass is 14.7. The molecule has 0 bridgehead atoms. The van der Waals surface area contributed by atoms with Gasteiger partial charge in [0, 0.05) is 5.69 Å². The molecule has 0 saturated carbocycles. The Bertz CT molecular complexity index is 1320. The molecule has 1 aliphatic carbocycles. The fraction of sp³-hybridized carbons (Fsp3) is 0.0667. The third-order valence-electron chi connectivity index (χ3n) is 6.16. The van der Waals surface area contributed by atoms with Crippen LogP contribution in [0.5, 0.6) is 0 Å². The standard InChI is InChI=1S/C30H26N2/c31-23-17-18-28(29(21-23)30(32)19-9-2-10-20-30)27-16-8-7-15-26(27)25-14-6-5-13-24(25)22-11-3-1-4-12-22/h1-19,21H,20,31-32H2. The van der Waals surface area contributed by atoms with Crippen LogP contribution in [-0.4, -0.2) is 0 Å². The van der Waals surface area contributed by atoms with E-state index in [4.69, 9.17) is 11.5 Å². The maximum absolute atomic E-state index is 6.90. The molecular weight excluding hydrogens is 388 g/mol. The number of anilines is 1. The van der Waals surface area contributed by atoms with Crippen molar-refractivity contribution in [3.05, 3.63) is 127 Å². The van der Waals surface area contributed by atoms with Gasteiger partial charge in [0.05, 0.1) is 5.54 Å². The van der Waals surface area contributed by atoms with Crippen LogP contribution in [0.4, 0.5) is 5.69 Å². The third kappa shape index (κ3) is 3.66. The Morgan fingerprint density at radius 2 is 1.19 bits per heavy atom. The van der Waals surface area contributed by atoms with Gasteiger partial charge in [0.25, 0.3) is 0 Å². The summed E-state index contributed by atoms with van der Waals surface area (Å²) in [6, 6.07) is 33.7. The molecule has 5 rings (SSSR count). The summed E-state index contributed by atoms with van der Waals surface area (Å²) in [5.41, 5.74) is 21.3. The van der Waals surface area contributed by atoms with E-state index in [2.05, 4.69) is 91.0 Å². The lowest BCUT2D eigenvalue weighted by Gasteiger charge is -2.30. The highest BCUT2D eigenvalue weighted by molar-refractivity contribution is 5.92. The molecule has 4 N–H and O–H groups in total. The Labute approximate surface area is 189 Å². The molecule has 0 heterocycles. The van der Waals surface area contributed by atoms with Crippen LogP contribution in [0.1, 0.15) is 12.0 Å². The summed E-state index contributed by atoms with van der Waals surface area (Å²) in [5.74, 6) is 0. The lowest BCUT2D eigenvalue weighted by atomic mass is 9.79. The number of rotatable bonds is 4. The molecule has 0 radical (unpaired) electrons. The quantitative estimate of drug-likeness (QED) is 0.355. The predicted molar refractivity (Wildman–Crippen MR) is 136 cm³/mol. The van der Waals surface area contributed by atoms with Gasteiger partial charge in [-0.15, -0.1) is 0 Å². The van der Waals surface area contributed by atoms with E-state index in [1.54, 1.807) is 0 Å². The van der Waals surface area contributed by atoms with Gasteiger partial charge in [0.15, 0.2) is 0 Å². The van der Waals surface area contributed by atoms with E-state index >= 15 is 0 Å². The molecule has 2 nitrogen and oxygen atoms in total. The number of hydrogen-bond donors (Lipinski definition) is 2. The summed E-state index contributed by atoms with van der Waals surface area (Å²) in [6.45, 7) is 0. The summed E-state index contributed by atoms with van der Waals surface area (Å²) in [6.07, 6.45) is 8.99. The smallest absolute Gasteiger partial charge is 0.0640 e. The molecule has 0 amide bonds. The predicted octanol–water partition coefficient (Wildman–Crippen LogP) is 6.94. The average Bonchev–Trinajstić information content (AvgIpc) is 2.85. The van der Waals surface area contributed by atoms with E-state index in [1.165, 1.54) is 22.3 Å². The normalized spacial score (nSPS) is 17.4. The zero-order valence-electron chi connectivity index (χ0n) is 17.9. The monoisotopic (exact) mass is 414 g/mol. The van der Waals surface area contributed by atoms with E-state index in [1.807, 2.05) is 30.4 Å². The van der Waals surface area contributed by atoms with Gasteiger partial charge in [-0.2, -0.15) is 0 Å². The van der Waals surface area contributed by atoms with Gasteiger partial charge in [-0.25, -0.2) is 0 Å². The van der Waals surface area contributed by atoms with E-state index in [0.29, 0.717) is 0 Å². The molecule has 0 fully saturated rings. The topological polar surface area (TPSA) is 52.0 Å². The molecule has 1 aliphatic rings. The first-order chi connectivity index (χ1) is 15.7. The van der Waals surface area contributed by atoms with Gasteiger partial charge in [-0.1, -0.05) is 109 Å².